The fraction of sp³-hybridized carbons (Fsp3) is 0.889. The van der Waals surface area contributed by atoms with Gasteiger partial charge in [0.25, 0.3) is 0 Å². The molecule has 13 heavy (non-hydrogen) atoms. The maximum Gasteiger partial charge on any atom is 0.306 e. The zero-order valence-corrected chi connectivity index (χ0v) is 7.86. The Morgan fingerprint density at radius 2 is 2.15 bits per heavy atom. The Hall–Kier alpha value is -0.610. The molecule has 0 radical (unpaired) electrons. The van der Waals surface area contributed by atoms with Gasteiger partial charge >= 0.3 is 5.97 Å². The van der Waals surface area contributed by atoms with Crippen LogP contribution in [0.25, 0.3) is 0 Å². The average molecular weight is 188 g/mol. The van der Waals surface area contributed by atoms with Gasteiger partial charge in [0, 0.05) is 0 Å². The normalized spacial score (nSPS) is 20.4. The predicted molar refractivity (Wildman–Crippen MR) is 46.3 cm³/mol. The van der Waals surface area contributed by atoms with E-state index in [1.54, 1.807) is 6.92 Å². The highest BCUT2D eigenvalue weighted by molar-refractivity contribution is 5.69. The number of carboxylic acid groups (broad SMARTS) is 1. The maximum absolute atomic E-state index is 10.5. The molecular formula is C9H16O4. The van der Waals surface area contributed by atoms with Gasteiger partial charge < -0.3 is 14.6 Å². The Morgan fingerprint density at radius 1 is 1.54 bits per heavy atom. The predicted octanol–water partition coefficient (Wildman–Crippen LogP) is 1.25. The zero-order chi connectivity index (χ0) is 9.68. The minimum Gasteiger partial charge on any atom is -0.481 e. The molecule has 1 aliphatic heterocycles. The van der Waals surface area contributed by atoms with E-state index in [9.17, 15) is 4.79 Å². The first-order chi connectivity index (χ1) is 6.20. The van der Waals surface area contributed by atoms with Gasteiger partial charge in [-0.25, -0.2) is 0 Å². The molecule has 0 aromatic heterocycles. The monoisotopic (exact) mass is 188 g/mol. The van der Waals surface area contributed by atoms with Crippen LogP contribution in [0.5, 0.6) is 0 Å². The van der Waals surface area contributed by atoms with E-state index in [2.05, 4.69) is 0 Å². The Kier molecular flexibility index (Phi) is 4.18. The lowest BCUT2D eigenvalue weighted by molar-refractivity contribution is -0.141. The second-order valence-electron chi connectivity index (χ2n) is 3.34. The minimum atomic E-state index is -0.728. The summed E-state index contributed by atoms with van der Waals surface area (Å²) < 4.78 is 10.5. The molecule has 0 saturated carbocycles. The number of carbonyl (C=O) groups is 1. The van der Waals surface area contributed by atoms with Crippen LogP contribution >= 0.6 is 0 Å². The Labute approximate surface area is 77.8 Å². The molecule has 0 aromatic carbocycles. The van der Waals surface area contributed by atoms with Crippen molar-refractivity contribution in [2.45, 2.75) is 32.5 Å². The van der Waals surface area contributed by atoms with E-state index in [1.807, 2.05) is 0 Å². The van der Waals surface area contributed by atoms with Crippen molar-refractivity contribution in [1.82, 2.24) is 0 Å². The van der Waals surface area contributed by atoms with Crippen molar-refractivity contribution in [1.29, 1.82) is 0 Å². The van der Waals surface area contributed by atoms with Gasteiger partial charge in [0.05, 0.1) is 19.1 Å². The van der Waals surface area contributed by atoms with Crippen LogP contribution in [0.3, 0.4) is 0 Å². The summed E-state index contributed by atoms with van der Waals surface area (Å²) in [4.78, 5) is 10.5. The smallest absolute Gasteiger partial charge is 0.306 e. The van der Waals surface area contributed by atoms with E-state index >= 15 is 0 Å². The molecule has 0 aromatic rings. The summed E-state index contributed by atoms with van der Waals surface area (Å²) in [6.45, 7) is 3.05. The van der Waals surface area contributed by atoms with Crippen molar-refractivity contribution < 1.29 is 19.4 Å². The molecule has 0 bridgehead atoms. The topological polar surface area (TPSA) is 55.8 Å². The third kappa shape index (κ3) is 3.74. The largest absolute Gasteiger partial charge is 0.481 e. The number of carboxylic acids is 1. The molecule has 4 heteroatoms. The van der Waals surface area contributed by atoms with Gasteiger partial charge in [-0.2, -0.15) is 0 Å². The molecule has 1 saturated heterocycles. The number of ether oxygens (including phenoxy) is 2. The second-order valence-corrected chi connectivity index (χ2v) is 3.34. The van der Waals surface area contributed by atoms with Gasteiger partial charge in [-0.1, -0.05) is 6.92 Å². The van der Waals surface area contributed by atoms with Crippen LogP contribution in [0.1, 0.15) is 26.2 Å². The summed E-state index contributed by atoms with van der Waals surface area (Å²) in [6.07, 6.45) is 2.25. The molecule has 4 nitrogen and oxygen atoms in total. The van der Waals surface area contributed by atoms with Gasteiger partial charge in [-0.15, -0.1) is 0 Å². The van der Waals surface area contributed by atoms with Crippen LogP contribution in [-0.2, 0) is 14.3 Å². The van der Waals surface area contributed by atoms with Crippen LogP contribution in [0, 0.1) is 5.92 Å². The molecule has 0 aliphatic carbocycles. The number of hydrogen-bond acceptors (Lipinski definition) is 3. The van der Waals surface area contributed by atoms with Gasteiger partial charge in [0.15, 0.2) is 6.29 Å². The molecule has 1 unspecified atom stereocenters. The summed E-state index contributed by atoms with van der Waals surface area (Å²) in [7, 11) is 0. The standard InChI is InChI=1S/C9H16O4/c1-7(9(10)11)3-2-4-8-12-5-6-13-8/h7-8H,2-6H2,1H3,(H,10,11). The van der Waals surface area contributed by atoms with Gasteiger partial charge in [-0.05, 0) is 19.3 Å². The fourth-order valence-electron chi connectivity index (χ4n) is 1.29. The Bertz CT molecular complexity index is 163. The summed E-state index contributed by atoms with van der Waals surface area (Å²) in [5, 5.41) is 8.61. The van der Waals surface area contributed by atoms with Gasteiger partial charge in [-0.3, -0.25) is 4.79 Å². The van der Waals surface area contributed by atoms with E-state index in [0.717, 1.165) is 12.8 Å². The van der Waals surface area contributed by atoms with E-state index in [0.29, 0.717) is 19.6 Å². The average Bonchev–Trinajstić information content (AvgIpc) is 2.56. The van der Waals surface area contributed by atoms with Crippen LogP contribution in [-0.4, -0.2) is 30.6 Å². The summed E-state index contributed by atoms with van der Waals surface area (Å²) in [6, 6.07) is 0. The van der Waals surface area contributed by atoms with Crippen LogP contribution in [0.2, 0.25) is 0 Å². The molecule has 1 fully saturated rings. The first kappa shape index (κ1) is 10.5. The van der Waals surface area contributed by atoms with Crippen molar-refractivity contribution in [3.8, 4) is 0 Å². The molecule has 1 atom stereocenters. The van der Waals surface area contributed by atoms with E-state index in [1.165, 1.54) is 0 Å². The molecule has 1 rings (SSSR count). The first-order valence-corrected chi connectivity index (χ1v) is 4.66. The minimum absolute atomic E-state index is 0.0963. The highest BCUT2D eigenvalue weighted by atomic mass is 16.7. The molecule has 1 heterocycles. The number of hydrogen-bond donors (Lipinski definition) is 1. The highest BCUT2D eigenvalue weighted by Gasteiger charge is 2.17. The van der Waals surface area contributed by atoms with Crippen molar-refractivity contribution in [2.24, 2.45) is 5.92 Å². The summed E-state index contributed by atoms with van der Waals surface area (Å²) in [5.74, 6) is -0.991. The molecule has 76 valence electrons. The lowest BCUT2D eigenvalue weighted by atomic mass is 10.0. The maximum atomic E-state index is 10.5. The van der Waals surface area contributed by atoms with E-state index in [-0.39, 0.29) is 12.2 Å². The third-order valence-electron chi connectivity index (χ3n) is 2.19. The van der Waals surface area contributed by atoms with Crippen molar-refractivity contribution in [3.63, 3.8) is 0 Å². The van der Waals surface area contributed by atoms with Gasteiger partial charge in [0.2, 0.25) is 0 Å². The molecule has 0 spiro atoms. The molecule has 1 N–H and O–H groups in total. The second kappa shape index (κ2) is 5.19. The lowest BCUT2D eigenvalue weighted by Crippen LogP contribution is -2.12. The van der Waals surface area contributed by atoms with Crippen molar-refractivity contribution in [2.75, 3.05) is 13.2 Å². The molecule has 0 amide bonds. The number of aliphatic carboxylic acids is 1. The Morgan fingerprint density at radius 3 is 2.69 bits per heavy atom. The summed E-state index contributed by atoms with van der Waals surface area (Å²) >= 11 is 0. The lowest BCUT2D eigenvalue weighted by Gasteiger charge is -2.09. The number of rotatable bonds is 5. The molecular weight excluding hydrogens is 172 g/mol. The SMILES string of the molecule is CC(CCCC1OCCO1)C(=O)O. The first-order valence-electron chi connectivity index (χ1n) is 4.66. The van der Waals surface area contributed by atoms with E-state index in [4.69, 9.17) is 14.6 Å². The van der Waals surface area contributed by atoms with Crippen molar-refractivity contribution >= 4 is 5.97 Å². The summed E-state index contributed by atoms with van der Waals surface area (Å²) in [5.41, 5.74) is 0. The third-order valence-corrected chi connectivity index (χ3v) is 2.19. The fourth-order valence-corrected chi connectivity index (χ4v) is 1.29. The van der Waals surface area contributed by atoms with E-state index < -0.39 is 5.97 Å². The van der Waals surface area contributed by atoms with Crippen molar-refractivity contribution in [3.05, 3.63) is 0 Å². The van der Waals surface area contributed by atoms with Crippen LogP contribution < -0.4 is 0 Å². The van der Waals surface area contributed by atoms with Crippen LogP contribution in [0.15, 0.2) is 0 Å². The quantitative estimate of drug-likeness (QED) is 0.705. The Balaban J connectivity index is 2.02. The highest BCUT2D eigenvalue weighted by Crippen LogP contribution is 2.14. The van der Waals surface area contributed by atoms with Gasteiger partial charge in [0.1, 0.15) is 0 Å². The molecule has 1 aliphatic rings. The zero-order valence-electron chi connectivity index (χ0n) is 7.86. The van der Waals surface area contributed by atoms with Crippen LogP contribution in [0.4, 0.5) is 0 Å².